The smallest absolute Gasteiger partial charge is 0.134 e. The van der Waals surface area contributed by atoms with Crippen molar-refractivity contribution in [2.75, 3.05) is 5.73 Å². The number of hydrogen-bond donors (Lipinski definition) is 2. The van der Waals surface area contributed by atoms with Crippen LogP contribution in [0.1, 0.15) is 0 Å². The number of nitrogens with one attached hydrogen (secondary N) is 1. The van der Waals surface area contributed by atoms with Crippen LogP contribution in [-0.2, 0) is 0 Å². The molecule has 2 aromatic rings. The van der Waals surface area contributed by atoms with E-state index in [0.29, 0.717) is 0 Å². The highest BCUT2D eigenvalue weighted by Crippen LogP contribution is 2.28. The van der Waals surface area contributed by atoms with Crippen molar-refractivity contribution in [2.45, 2.75) is 0 Å². The van der Waals surface area contributed by atoms with E-state index in [-0.39, 0.29) is 16.9 Å². The summed E-state index contributed by atoms with van der Waals surface area (Å²) in [4.78, 5) is 0. The number of rotatable bonds is 1. The fraction of sp³-hybridized carbons (Fsp3) is 0. The number of halogens is 2. The summed E-state index contributed by atoms with van der Waals surface area (Å²) in [6, 6.07) is 3.64. The molecule has 0 unspecified atom stereocenters. The monoisotopic (exact) mass is 195 g/mol. The molecule has 0 fully saturated rings. The maximum atomic E-state index is 13.3. The van der Waals surface area contributed by atoms with Gasteiger partial charge in [-0.05, 0) is 12.1 Å². The summed E-state index contributed by atoms with van der Waals surface area (Å²) in [5, 5.41) is 6.01. The van der Waals surface area contributed by atoms with Gasteiger partial charge in [0.1, 0.15) is 17.5 Å². The lowest BCUT2D eigenvalue weighted by molar-refractivity contribution is 0.590. The van der Waals surface area contributed by atoms with Crippen LogP contribution in [0.25, 0.3) is 11.1 Å². The Kier molecular flexibility index (Phi) is 1.92. The SMILES string of the molecule is Nc1[nH]ncc1-c1c(F)cccc1F. The second-order valence-corrected chi connectivity index (χ2v) is 2.79. The number of benzene rings is 1. The number of hydrogen-bond acceptors (Lipinski definition) is 2. The van der Waals surface area contributed by atoms with Gasteiger partial charge < -0.3 is 5.73 Å². The van der Waals surface area contributed by atoms with Crippen molar-refractivity contribution in [1.82, 2.24) is 10.2 Å². The normalized spacial score (nSPS) is 10.4. The molecule has 1 aromatic heterocycles. The van der Waals surface area contributed by atoms with Gasteiger partial charge in [-0.15, -0.1) is 0 Å². The number of aromatic nitrogens is 2. The first kappa shape index (κ1) is 8.68. The minimum atomic E-state index is -0.655. The lowest BCUT2D eigenvalue weighted by atomic mass is 10.1. The highest BCUT2D eigenvalue weighted by Gasteiger charge is 2.14. The molecule has 14 heavy (non-hydrogen) atoms. The van der Waals surface area contributed by atoms with Crippen LogP contribution >= 0.6 is 0 Å². The molecular formula is C9H7F2N3. The predicted octanol–water partition coefficient (Wildman–Crippen LogP) is 1.94. The zero-order valence-corrected chi connectivity index (χ0v) is 7.09. The van der Waals surface area contributed by atoms with Crippen LogP contribution in [0.5, 0.6) is 0 Å². The molecule has 0 radical (unpaired) electrons. The van der Waals surface area contributed by atoms with E-state index in [2.05, 4.69) is 10.2 Å². The van der Waals surface area contributed by atoms with Gasteiger partial charge in [0.05, 0.1) is 11.8 Å². The molecule has 0 saturated heterocycles. The Labute approximate surface area is 78.6 Å². The van der Waals surface area contributed by atoms with Crippen molar-refractivity contribution in [2.24, 2.45) is 0 Å². The molecule has 0 atom stereocenters. The van der Waals surface area contributed by atoms with Crippen molar-refractivity contribution in [3.63, 3.8) is 0 Å². The molecule has 72 valence electrons. The maximum absolute atomic E-state index is 13.3. The first-order valence-corrected chi connectivity index (χ1v) is 3.93. The molecular weight excluding hydrogens is 188 g/mol. The molecule has 5 heteroatoms. The number of nitrogens with zero attached hydrogens (tertiary/aromatic N) is 1. The minimum Gasteiger partial charge on any atom is -0.384 e. The van der Waals surface area contributed by atoms with Crippen LogP contribution < -0.4 is 5.73 Å². The van der Waals surface area contributed by atoms with Gasteiger partial charge in [-0.3, -0.25) is 5.10 Å². The Morgan fingerprint density at radius 2 is 1.86 bits per heavy atom. The fourth-order valence-corrected chi connectivity index (χ4v) is 1.25. The van der Waals surface area contributed by atoms with Gasteiger partial charge in [0.2, 0.25) is 0 Å². The second kappa shape index (κ2) is 3.10. The molecule has 1 aromatic carbocycles. The predicted molar refractivity (Wildman–Crippen MR) is 48.4 cm³/mol. The van der Waals surface area contributed by atoms with Crippen LogP contribution in [0.3, 0.4) is 0 Å². The summed E-state index contributed by atoms with van der Waals surface area (Å²) in [5.74, 6) is -1.16. The summed E-state index contributed by atoms with van der Waals surface area (Å²) >= 11 is 0. The molecule has 0 amide bonds. The maximum Gasteiger partial charge on any atom is 0.134 e. The van der Waals surface area contributed by atoms with Crippen molar-refractivity contribution < 1.29 is 8.78 Å². The second-order valence-electron chi connectivity index (χ2n) is 2.79. The molecule has 3 N–H and O–H groups in total. The minimum absolute atomic E-state index is 0.147. The lowest BCUT2D eigenvalue weighted by Gasteiger charge is -2.02. The van der Waals surface area contributed by atoms with Gasteiger partial charge in [0.25, 0.3) is 0 Å². The highest BCUT2D eigenvalue weighted by atomic mass is 19.1. The van der Waals surface area contributed by atoms with E-state index in [1.807, 2.05) is 0 Å². The average Bonchev–Trinajstić information content (AvgIpc) is 2.52. The van der Waals surface area contributed by atoms with Gasteiger partial charge >= 0.3 is 0 Å². The summed E-state index contributed by atoms with van der Waals surface area (Å²) in [5.41, 5.74) is 5.54. The van der Waals surface area contributed by atoms with E-state index in [1.54, 1.807) is 0 Å². The zero-order chi connectivity index (χ0) is 10.1. The van der Waals surface area contributed by atoms with Crippen LogP contribution in [0.15, 0.2) is 24.4 Å². The molecule has 0 saturated carbocycles. The quantitative estimate of drug-likeness (QED) is 0.730. The van der Waals surface area contributed by atoms with E-state index in [9.17, 15) is 8.78 Å². The third kappa shape index (κ3) is 1.22. The first-order valence-electron chi connectivity index (χ1n) is 3.93. The molecule has 0 spiro atoms. The van der Waals surface area contributed by atoms with Gasteiger partial charge in [-0.1, -0.05) is 6.07 Å². The third-order valence-corrected chi connectivity index (χ3v) is 1.90. The van der Waals surface area contributed by atoms with Crippen molar-refractivity contribution in [3.8, 4) is 11.1 Å². The van der Waals surface area contributed by atoms with Crippen LogP contribution in [0.4, 0.5) is 14.6 Å². The standard InChI is InChI=1S/C9H7F2N3/c10-6-2-1-3-7(11)8(6)5-4-13-14-9(5)12/h1-4H,(H3,12,13,14). The molecule has 0 aliphatic carbocycles. The lowest BCUT2D eigenvalue weighted by Crippen LogP contribution is -1.93. The molecule has 1 heterocycles. The molecule has 2 rings (SSSR count). The Balaban J connectivity index is 2.68. The van der Waals surface area contributed by atoms with E-state index in [1.165, 1.54) is 24.4 Å². The van der Waals surface area contributed by atoms with Crippen molar-refractivity contribution >= 4 is 5.82 Å². The zero-order valence-electron chi connectivity index (χ0n) is 7.09. The molecule has 3 nitrogen and oxygen atoms in total. The van der Waals surface area contributed by atoms with Gasteiger partial charge in [0.15, 0.2) is 0 Å². The van der Waals surface area contributed by atoms with E-state index in [4.69, 9.17) is 5.73 Å². The summed E-state index contributed by atoms with van der Waals surface area (Å²) in [6.45, 7) is 0. The van der Waals surface area contributed by atoms with Gasteiger partial charge in [-0.2, -0.15) is 5.10 Å². The Morgan fingerprint density at radius 1 is 1.21 bits per heavy atom. The summed E-state index contributed by atoms with van der Waals surface area (Å²) in [6.07, 6.45) is 1.29. The largest absolute Gasteiger partial charge is 0.384 e. The first-order chi connectivity index (χ1) is 6.70. The van der Waals surface area contributed by atoms with Crippen LogP contribution in [0, 0.1) is 11.6 Å². The number of aromatic amines is 1. The van der Waals surface area contributed by atoms with Gasteiger partial charge in [-0.25, -0.2) is 8.78 Å². The average molecular weight is 195 g/mol. The number of anilines is 1. The Morgan fingerprint density at radius 3 is 2.36 bits per heavy atom. The third-order valence-electron chi connectivity index (χ3n) is 1.90. The summed E-state index contributed by atoms with van der Waals surface area (Å²) < 4.78 is 26.5. The van der Waals surface area contributed by atoms with Crippen molar-refractivity contribution in [3.05, 3.63) is 36.0 Å². The highest BCUT2D eigenvalue weighted by molar-refractivity contribution is 5.73. The fourth-order valence-electron chi connectivity index (χ4n) is 1.25. The van der Waals surface area contributed by atoms with Crippen LogP contribution in [0.2, 0.25) is 0 Å². The van der Waals surface area contributed by atoms with Gasteiger partial charge in [0, 0.05) is 5.56 Å². The Hall–Kier alpha value is -1.91. The van der Waals surface area contributed by atoms with Crippen molar-refractivity contribution in [1.29, 1.82) is 0 Å². The summed E-state index contributed by atoms with van der Waals surface area (Å²) in [7, 11) is 0. The number of H-pyrrole nitrogens is 1. The number of nitrogen functional groups attached to an aromatic ring is 1. The molecule has 0 bridgehead atoms. The van der Waals surface area contributed by atoms with E-state index < -0.39 is 11.6 Å². The van der Waals surface area contributed by atoms with E-state index >= 15 is 0 Å². The van der Waals surface area contributed by atoms with E-state index in [0.717, 1.165) is 0 Å². The van der Waals surface area contributed by atoms with Crippen LogP contribution in [-0.4, -0.2) is 10.2 Å². The molecule has 0 aliphatic heterocycles. The topological polar surface area (TPSA) is 54.7 Å². The Bertz CT molecular complexity index is 445. The number of nitrogens with two attached hydrogens (primary N) is 1. The molecule has 0 aliphatic rings.